The van der Waals surface area contributed by atoms with Gasteiger partial charge >= 0.3 is 5.97 Å². The first-order chi connectivity index (χ1) is 6.29. The number of allylic oxidation sites excluding steroid dienone is 9. The van der Waals surface area contributed by atoms with Crippen LogP contribution >= 0.6 is 0 Å². The molecule has 0 heterocycles. The van der Waals surface area contributed by atoms with Gasteiger partial charge in [-0.1, -0.05) is 42.5 Å². The number of hydrogen-bond donors (Lipinski definition) is 1. The maximum atomic E-state index is 10.2. The van der Waals surface area contributed by atoms with E-state index in [1.165, 1.54) is 0 Å². The largest absolute Gasteiger partial charge is 0.478 e. The smallest absolute Gasteiger partial charge is 0.328 e. The molecule has 1 rings (SSSR count). The van der Waals surface area contributed by atoms with E-state index in [2.05, 4.69) is 0 Å². The van der Waals surface area contributed by atoms with Gasteiger partial charge in [0.2, 0.25) is 0 Å². The maximum absolute atomic E-state index is 10.2. The number of hydrogen-bond acceptors (Lipinski definition) is 1. The van der Waals surface area contributed by atoms with Crippen molar-refractivity contribution in [2.24, 2.45) is 0 Å². The van der Waals surface area contributed by atoms with E-state index in [1.54, 1.807) is 6.08 Å². The SMILES string of the molecule is O=C(O)/C=C/C1=C/C=C\C=C\C=C\1. The average Bonchev–Trinajstić information content (AvgIpc) is 2.01. The Morgan fingerprint density at radius 1 is 1.15 bits per heavy atom. The molecule has 0 spiro atoms. The minimum absolute atomic E-state index is 0.864. The van der Waals surface area contributed by atoms with Crippen molar-refractivity contribution in [1.29, 1.82) is 0 Å². The normalized spacial score (nSPS) is 26.9. The van der Waals surface area contributed by atoms with E-state index in [9.17, 15) is 4.79 Å². The Bertz CT molecular complexity index is 328. The first-order valence-electron chi connectivity index (χ1n) is 3.92. The molecular weight excluding hydrogens is 164 g/mol. The van der Waals surface area contributed by atoms with Crippen LogP contribution in [0.25, 0.3) is 0 Å². The van der Waals surface area contributed by atoms with Crippen molar-refractivity contribution in [2.75, 3.05) is 0 Å². The van der Waals surface area contributed by atoms with Gasteiger partial charge in [0.1, 0.15) is 0 Å². The number of rotatable bonds is 2. The lowest BCUT2D eigenvalue weighted by Crippen LogP contribution is -1.86. The van der Waals surface area contributed by atoms with Gasteiger partial charge in [-0.25, -0.2) is 4.79 Å². The van der Waals surface area contributed by atoms with Crippen LogP contribution in [0.5, 0.6) is 0 Å². The molecule has 0 bridgehead atoms. The predicted octanol–water partition coefficient (Wildman–Crippen LogP) is 2.24. The highest BCUT2D eigenvalue weighted by molar-refractivity contribution is 5.80. The number of carboxylic acid groups (broad SMARTS) is 1. The van der Waals surface area contributed by atoms with E-state index in [0.29, 0.717) is 0 Å². The van der Waals surface area contributed by atoms with E-state index in [0.717, 1.165) is 11.6 Å². The summed E-state index contributed by atoms with van der Waals surface area (Å²) in [6.45, 7) is 0. The highest BCUT2D eigenvalue weighted by Gasteiger charge is 1.88. The van der Waals surface area contributed by atoms with Gasteiger partial charge in [-0.2, -0.15) is 0 Å². The third-order valence-corrected chi connectivity index (χ3v) is 1.44. The summed E-state index contributed by atoms with van der Waals surface area (Å²) < 4.78 is 0. The van der Waals surface area contributed by atoms with Gasteiger partial charge in [-0.3, -0.25) is 0 Å². The lowest BCUT2D eigenvalue weighted by atomic mass is 10.2. The van der Waals surface area contributed by atoms with Crippen LogP contribution in [0.15, 0.2) is 60.3 Å². The Balaban J connectivity index is 2.74. The second kappa shape index (κ2) is 4.93. The van der Waals surface area contributed by atoms with Gasteiger partial charge in [0, 0.05) is 6.08 Å². The zero-order chi connectivity index (χ0) is 9.52. The molecule has 0 unspecified atom stereocenters. The number of carboxylic acids is 1. The van der Waals surface area contributed by atoms with Gasteiger partial charge in [-0.15, -0.1) is 0 Å². The fourth-order valence-corrected chi connectivity index (χ4v) is 0.860. The summed E-state index contributed by atoms with van der Waals surface area (Å²) in [5.74, 6) is -0.934. The third-order valence-electron chi connectivity index (χ3n) is 1.44. The van der Waals surface area contributed by atoms with Gasteiger partial charge in [-0.05, 0) is 11.6 Å². The van der Waals surface area contributed by atoms with Crippen molar-refractivity contribution >= 4 is 5.97 Å². The average molecular weight is 174 g/mol. The van der Waals surface area contributed by atoms with E-state index in [1.807, 2.05) is 42.5 Å². The molecular formula is C11H10O2. The lowest BCUT2D eigenvalue weighted by Gasteiger charge is -1.91. The molecule has 0 radical (unpaired) electrons. The molecule has 0 aromatic heterocycles. The molecule has 0 aliphatic heterocycles. The summed E-state index contributed by atoms with van der Waals surface area (Å²) in [6, 6.07) is 0. The summed E-state index contributed by atoms with van der Waals surface area (Å²) >= 11 is 0. The van der Waals surface area contributed by atoms with Crippen LogP contribution in [-0.2, 0) is 4.79 Å². The molecule has 0 saturated heterocycles. The van der Waals surface area contributed by atoms with Crippen LogP contribution in [0.1, 0.15) is 0 Å². The fraction of sp³-hybridized carbons (Fsp3) is 0. The van der Waals surface area contributed by atoms with Crippen LogP contribution in [0.3, 0.4) is 0 Å². The first kappa shape index (κ1) is 9.26. The molecule has 0 saturated carbocycles. The molecule has 13 heavy (non-hydrogen) atoms. The van der Waals surface area contributed by atoms with E-state index < -0.39 is 5.97 Å². The monoisotopic (exact) mass is 174 g/mol. The molecule has 1 N–H and O–H groups in total. The Hall–Kier alpha value is -1.83. The maximum Gasteiger partial charge on any atom is 0.328 e. The van der Waals surface area contributed by atoms with Gasteiger partial charge in [0.05, 0.1) is 0 Å². The van der Waals surface area contributed by atoms with Gasteiger partial charge in [0.25, 0.3) is 0 Å². The molecule has 2 heteroatoms. The van der Waals surface area contributed by atoms with Crippen molar-refractivity contribution in [3.8, 4) is 0 Å². The van der Waals surface area contributed by atoms with Crippen LogP contribution in [0, 0.1) is 0 Å². The van der Waals surface area contributed by atoms with Gasteiger partial charge < -0.3 is 5.11 Å². The predicted molar refractivity (Wildman–Crippen MR) is 52.3 cm³/mol. The van der Waals surface area contributed by atoms with Gasteiger partial charge in [0.15, 0.2) is 0 Å². The summed E-state index contributed by atoms with van der Waals surface area (Å²) in [7, 11) is 0. The Morgan fingerprint density at radius 3 is 2.62 bits per heavy atom. The van der Waals surface area contributed by atoms with Crippen LogP contribution in [0.4, 0.5) is 0 Å². The molecule has 0 aromatic rings. The minimum Gasteiger partial charge on any atom is -0.478 e. The molecule has 0 fully saturated rings. The van der Waals surface area contributed by atoms with Crippen LogP contribution in [-0.4, -0.2) is 11.1 Å². The van der Waals surface area contributed by atoms with Crippen molar-refractivity contribution in [2.45, 2.75) is 0 Å². The molecule has 0 aromatic carbocycles. The van der Waals surface area contributed by atoms with E-state index >= 15 is 0 Å². The van der Waals surface area contributed by atoms with E-state index in [-0.39, 0.29) is 0 Å². The highest BCUT2D eigenvalue weighted by atomic mass is 16.4. The third kappa shape index (κ3) is 3.91. The lowest BCUT2D eigenvalue weighted by molar-refractivity contribution is -0.131. The standard InChI is InChI=1S/C11H10O2/c12-11(13)9-8-10-6-4-2-1-3-5-7-10/h1-9H,(H,12,13)/b2-1+,3-1?,4-2?,5-3-,6-4+,7-5?,9-8+,10-6?,10-7+. The minimum atomic E-state index is -0.934. The molecule has 1 aliphatic rings. The molecule has 0 atom stereocenters. The molecule has 1 aliphatic carbocycles. The molecule has 66 valence electrons. The summed E-state index contributed by atoms with van der Waals surface area (Å²) in [6.07, 6.45) is 15.8. The summed E-state index contributed by atoms with van der Waals surface area (Å²) in [5.41, 5.74) is 0.864. The van der Waals surface area contributed by atoms with Crippen molar-refractivity contribution < 1.29 is 9.90 Å². The molecule has 2 nitrogen and oxygen atoms in total. The first-order valence-corrected chi connectivity index (χ1v) is 3.92. The molecule has 0 amide bonds. The highest BCUT2D eigenvalue weighted by Crippen LogP contribution is 2.02. The topological polar surface area (TPSA) is 37.3 Å². The second-order valence-corrected chi connectivity index (χ2v) is 2.47. The Kier molecular flexibility index (Phi) is 3.51. The van der Waals surface area contributed by atoms with Crippen LogP contribution < -0.4 is 0 Å². The number of carbonyl (C=O) groups is 1. The van der Waals surface area contributed by atoms with Crippen LogP contribution in [0.2, 0.25) is 0 Å². The number of aliphatic carboxylic acids is 1. The Morgan fingerprint density at radius 2 is 1.85 bits per heavy atom. The van der Waals surface area contributed by atoms with Crippen molar-refractivity contribution in [1.82, 2.24) is 0 Å². The quantitative estimate of drug-likeness (QED) is 0.652. The fourth-order valence-electron chi connectivity index (χ4n) is 0.860. The van der Waals surface area contributed by atoms with Crippen molar-refractivity contribution in [3.63, 3.8) is 0 Å². The Labute approximate surface area is 76.9 Å². The van der Waals surface area contributed by atoms with Crippen molar-refractivity contribution in [3.05, 3.63) is 60.3 Å². The summed E-state index contributed by atoms with van der Waals surface area (Å²) in [4.78, 5) is 10.2. The second-order valence-electron chi connectivity index (χ2n) is 2.47. The summed E-state index contributed by atoms with van der Waals surface area (Å²) in [5, 5.41) is 8.40. The zero-order valence-corrected chi connectivity index (χ0v) is 7.05. The zero-order valence-electron chi connectivity index (χ0n) is 7.05. The van der Waals surface area contributed by atoms with E-state index in [4.69, 9.17) is 5.11 Å².